The predicted molar refractivity (Wildman–Crippen MR) is 138 cm³/mol. The summed E-state index contributed by atoms with van der Waals surface area (Å²) in [6.45, 7) is 4.42. The van der Waals surface area contributed by atoms with E-state index in [0.29, 0.717) is 0 Å². The van der Waals surface area contributed by atoms with E-state index in [9.17, 15) is 0 Å². The maximum atomic E-state index is 4.52. The van der Waals surface area contributed by atoms with Gasteiger partial charge in [0.15, 0.2) is 5.82 Å². The molecule has 0 fully saturated rings. The van der Waals surface area contributed by atoms with E-state index >= 15 is 0 Å². The van der Waals surface area contributed by atoms with Crippen molar-refractivity contribution in [1.82, 2.24) is 20.2 Å². The fourth-order valence-corrected chi connectivity index (χ4v) is 4.63. The van der Waals surface area contributed by atoms with Gasteiger partial charge in [0, 0.05) is 5.56 Å². The molecule has 4 aromatic carbocycles. The number of aromatic nitrogens is 4. The first-order valence-corrected chi connectivity index (χ1v) is 11.8. The molecule has 0 atom stereocenters. The van der Waals surface area contributed by atoms with Crippen LogP contribution in [0.5, 0.6) is 0 Å². The van der Waals surface area contributed by atoms with Crippen LogP contribution < -0.4 is 0 Å². The molecule has 4 heteroatoms. The lowest BCUT2D eigenvalue weighted by Gasteiger charge is -2.20. The van der Waals surface area contributed by atoms with Crippen LogP contribution in [0.4, 0.5) is 0 Å². The molecule has 4 nitrogen and oxygen atoms in total. The van der Waals surface area contributed by atoms with Crippen LogP contribution >= 0.6 is 0 Å². The largest absolute Gasteiger partial charge is 0.213 e. The van der Waals surface area contributed by atoms with E-state index in [1.807, 2.05) is 16.8 Å². The van der Waals surface area contributed by atoms with Crippen molar-refractivity contribution in [3.63, 3.8) is 0 Å². The monoisotopic (exact) mass is 444 g/mol. The van der Waals surface area contributed by atoms with Gasteiger partial charge in [0.2, 0.25) is 0 Å². The quantitative estimate of drug-likeness (QED) is 0.274. The highest BCUT2D eigenvalue weighted by Crippen LogP contribution is 2.35. The molecule has 0 aliphatic carbocycles. The molecule has 0 spiro atoms. The van der Waals surface area contributed by atoms with Crippen molar-refractivity contribution in [2.75, 3.05) is 0 Å². The minimum absolute atomic E-state index is 0.130. The Hall–Kier alpha value is -4.05. The summed E-state index contributed by atoms with van der Waals surface area (Å²) in [6, 6.07) is 35.8. The van der Waals surface area contributed by atoms with Gasteiger partial charge in [0.05, 0.1) is 0 Å². The number of benzene rings is 4. The molecule has 0 amide bonds. The number of aryl methyl sites for hydroxylation is 2. The first kappa shape index (κ1) is 21.8. The second-order valence-corrected chi connectivity index (χ2v) is 8.61. The highest BCUT2D eigenvalue weighted by atomic mass is 15.5. The van der Waals surface area contributed by atoms with E-state index < -0.39 is 0 Å². The zero-order valence-electron chi connectivity index (χ0n) is 19.6. The molecule has 1 aromatic heterocycles. The van der Waals surface area contributed by atoms with Crippen LogP contribution in [0.1, 0.15) is 41.6 Å². The molecule has 168 valence electrons. The third kappa shape index (κ3) is 4.27. The van der Waals surface area contributed by atoms with Crippen LogP contribution in [0, 0.1) is 6.92 Å². The van der Waals surface area contributed by atoms with Crippen molar-refractivity contribution in [3.8, 4) is 22.5 Å². The first-order valence-electron chi connectivity index (χ1n) is 11.8. The molecule has 0 N–H and O–H groups in total. The Labute approximate surface area is 200 Å². The Bertz CT molecular complexity index is 1330. The second-order valence-electron chi connectivity index (χ2n) is 8.61. The standard InChI is InChI=1S/C30H28N4/c1-3-12-23-19-20-26(21-22(23)2)27-17-10-11-18-28(27)30-31-32-33-34(30)29(24-13-6-4-7-14-24)25-15-8-5-9-16-25/h4-11,13-21,29H,3,12H2,1-2H3. The molecule has 5 aromatic rings. The molecule has 0 saturated heterocycles. The van der Waals surface area contributed by atoms with Gasteiger partial charge in [-0.1, -0.05) is 116 Å². The second kappa shape index (κ2) is 9.84. The summed E-state index contributed by atoms with van der Waals surface area (Å²) in [5.41, 5.74) is 8.33. The number of tetrazole rings is 1. The molecule has 0 unspecified atom stereocenters. The summed E-state index contributed by atoms with van der Waals surface area (Å²) in [7, 11) is 0. The van der Waals surface area contributed by atoms with Crippen molar-refractivity contribution in [2.45, 2.75) is 32.7 Å². The molecule has 5 rings (SSSR count). The van der Waals surface area contributed by atoms with Gasteiger partial charge in [-0.2, -0.15) is 0 Å². The molecule has 0 saturated carbocycles. The van der Waals surface area contributed by atoms with Crippen LogP contribution in [-0.4, -0.2) is 20.2 Å². The zero-order chi connectivity index (χ0) is 23.3. The summed E-state index contributed by atoms with van der Waals surface area (Å²) in [5, 5.41) is 13.1. The van der Waals surface area contributed by atoms with Gasteiger partial charge in [0.1, 0.15) is 6.04 Å². The van der Waals surface area contributed by atoms with Crippen LogP contribution in [0.25, 0.3) is 22.5 Å². The molecule has 0 bridgehead atoms. The van der Waals surface area contributed by atoms with E-state index in [1.54, 1.807) is 0 Å². The van der Waals surface area contributed by atoms with Crippen LogP contribution in [0.15, 0.2) is 103 Å². The lowest BCUT2D eigenvalue weighted by atomic mass is 9.94. The average Bonchev–Trinajstić information content (AvgIpc) is 3.36. The molecule has 0 aliphatic heterocycles. The predicted octanol–water partition coefficient (Wildman–Crippen LogP) is 6.91. The van der Waals surface area contributed by atoms with Gasteiger partial charge in [-0.25, -0.2) is 4.68 Å². The van der Waals surface area contributed by atoms with Crippen molar-refractivity contribution in [3.05, 3.63) is 125 Å². The molecule has 34 heavy (non-hydrogen) atoms. The fourth-order valence-electron chi connectivity index (χ4n) is 4.63. The van der Waals surface area contributed by atoms with E-state index in [1.165, 1.54) is 16.7 Å². The first-order chi connectivity index (χ1) is 16.8. The van der Waals surface area contributed by atoms with Gasteiger partial charge in [-0.3, -0.25) is 0 Å². The summed E-state index contributed by atoms with van der Waals surface area (Å²) < 4.78 is 1.95. The third-order valence-electron chi connectivity index (χ3n) is 6.31. The maximum Gasteiger partial charge on any atom is 0.183 e. The minimum atomic E-state index is -0.130. The van der Waals surface area contributed by atoms with Crippen molar-refractivity contribution >= 4 is 0 Å². The van der Waals surface area contributed by atoms with E-state index in [0.717, 1.165) is 40.9 Å². The van der Waals surface area contributed by atoms with E-state index in [-0.39, 0.29) is 6.04 Å². The minimum Gasteiger partial charge on any atom is -0.213 e. The Morgan fingerprint density at radius 3 is 1.97 bits per heavy atom. The lowest BCUT2D eigenvalue weighted by molar-refractivity contribution is 0.576. The van der Waals surface area contributed by atoms with Gasteiger partial charge in [-0.15, -0.1) is 5.10 Å². The number of rotatable bonds is 7. The van der Waals surface area contributed by atoms with Gasteiger partial charge < -0.3 is 0 Å². The topological polar surface area (TPSA) is 43.6 Å². The zero-order valence-corrected chi connectivity index (χ0v) is 19.6. The number of nitrogens with zero attached hydrogens (tertiary/aromatic N) is 4. The SMILES string of the molecule is CCCc1ccc(-c2ccccc2-c2nnnn2C(c2ccccc2)c2ccccc2)cc1C. The van der Waals surface area contributed by atoms with E-state index in [4.69, 9.17) is 0 Å². The van der Waals surface area contributed by atoms with Gasteiger partial charge in [-0.05, 0) is 57.2 Å². The highest BCUT2D eigenvalue weighted by Gasteiger charge is 2.23. The van der Waals surface area contributed by atoms with Crippen molar-refractivity contribution in [1.29, 1.82) is 0 Å². The molecule has 0 aliphatic rings. The molecule has 1 heterocycles. The summed E-state index contributed by atoms with van der Waals surface area (Å²) in [6.07, 6.45) is 2.24. The highest BCUT2D eigenvalue weighted by molar-refractivity contribution is 5.81. The van der Waals surface area contributed by atoms with Crippen molar-refractivity contribution < 1.29 is 0 Å². The van der Waals surface area contributed by atoms with E-state index in [2.05, 4.69) is 120 Å². The molecule has 0 radical (unpaired) electrons. The van der Waals surface area contributed by atoms with Crippen LogP contribution in [-0.2, 0) is 6.42 Å². The number of hydrogen-bond acceptors (Lipinski definition) is 3. The third-order valence-corrected chi connectivity index (χ3v) is 6.31. The van der Waals surface area contributed by atoms with Crippen LogP contribution in [0.3, 0.4) is 0 Å². The molecular weight excluding hydrogens is 416 g/mol. The summed E-state index contributed by atoms with van der Waals surface area (Å²) in [4.78, 5) is 0. The van der Waals surface area contributed by atoms with Crippen LogP contribution in [0.2, 0.25) is 0 Å². The number of hydrogen-bond donors (Lipinski definition) is 0. The fraction of sp³-hybridized carbons (Fsp3) is 0.167. The Kier molecular flexibility index (Phi) is 6.30. The smallest absolute Gasteiger partial charge is 0.183 e. The Balaban J connectivity index is 1.65. The Morgan fingerprint density at radius 1 is 0.735 bits per heavy atom. The average molecular weight is 445 g/mol. The summed E-state index contributed by atoms with van der Waals surface area (Å²) in [5.74, 6) is 0.753. The maximum absolute atomic E-state index is 4.52. The summed E-state index contributed by atoms with van der Waals surface area (Å²) >= 11 is 0. The Morgan fingerprint density at radius 2 is 1.35 bits per heavy atom. The lowest BCUT2D eigenvalue weighted by Crippen LogP contribution is -2.15. The molecular formula is C30H28N4. The van der Waals surface area contributed by atoms with Crippen molar-refractivity contribution in [2.24, 2.45) is 0 Å². The van der Waals surface area contributed by atoms with Gasteiger partial charge in [0.25, 0.3) is 0 Å². The normalized spacial score (nSPS) is 11.1. The van der Waals surface area contributed by atoms with Gasteiger partial charge >= 0.3 is 0 Å².